The van der Waals surface area contributed by atoms with E-state index in [1.165, 1.54) is 0 Å². The zero-order chi connectivity index (χ0) is 15.0. The van der Waals surface area contributed by atoms with Crippen molar-refractivity contribution in [2.75, 3.05) is 19.7 Å². The molecule has 1 rings (SSSR count). The van der Waals surface area contributed by atoms with Crippen LogP contribution in [-0.4, -0.2) is 42.9 Å². The number of halogens is 1. The van der Waals surface area contributed by atoms with E-state index in [1.807, 2.05) is 38.1 Å². The number of ether oxygens (including phenoxy) is 1. The Morgan fingerprint density at radius 2 is 2.00 bits per heavy atom. The molecule has 5 nitrogen and oxygen atoms in total. The van der Waals surface area contributed by atoms with Gasteiger partial charge in [-0.15, -0.1) is 0 Å². The largest absolute Gasteiger partial charge is 0.491 e. The normalized spacial score (nSPS) is 12.2. The van der Waals surface area contributed by atoms with Gasteiger partial charge in [-0.2, -0.15) is 0 Å². The summed E-state index contributed by atoms with van der Waals surface area (Å²) in [7, 11) is 0. The van der Waals surface area contributed by atoms with Crippen molar-refractivity contribution in [3.8, 4) is 5.75 Å². The van der Waals surface area contributed by atoms with Crippen LogP contribution in [0.5, 0.6) is 5.75 Å². The molecule has 0 aliphatic carbocycles. The predicted molar refractivity (Wildman–Crippen MR) is 81.8 cm³/mol. The lowest BCUT2D eigenvalue weighted by Gasteiger charge is -2.14. The Hall–Kier alpha value is -1.11. The zero-order valence-corrected chi connectivity index (χ0v) is 13.3. The summed E-state index contributed by atoms with van der Waals surface area (Å²) in [6, 6.07) is 7.50. The van der Waals surface area contributed by atoms with E-state index in [2.05, 4.69) is 26.6 Å². The van der Waals surface area contributed by atoms with E-state index in [0.29, 0.717) is 12.3 Å². The van der Waals surface area contributed by atoms with Gasteiger partial charge in [0.15, 0.2) is 0 Å². The number of hydrogen-bond acceptors (Lipinski definition) is 4. The summed E-state index contributed by atoms with van der Waals surface area (Å²) < 4.78 is 6.41. The Kier molecular flexibility index (Phi) is 7.58. The van der Waals surface area contributed by atoms with Crippen LogP contribution in [0.25, 0.3) is 0 Å². The van der Waals surface area contributed by atoms with Crippen LogP contribution in [0.1, 0.15) is 13.8 Å². The van der Waals surface area contributed by atoms with Gasteiger partial charge < -0.3 is 20.5 Å². The summed E-state index contributed by atoms with van der Waals surface area (Å²) >= 11 is 3.34. The minimum absolute atomic E-state index is 0.0824. The SMILES string of the molecule is CC(C)NC(=O)CNCC(O)COc1ccc(Br)cc1. The molecular formula is C14H21BrN2O3. The molecule has 0 aromatic heterocycles. The van der Waals surface area contributed by atoms with Gasteiger partial charge in [0.1, 0.15) is 18.5 Å². The van der Waals surface area contributed by atoms with E-state index >= 15 is 0 Å². The molecule has 1 atom stereocenters. The van der Waals surface area contributed by atoms with Crippen molar-refractivity contribution >= 4 is 21.8 Å². The number of carbonyl (C=O) groups excluding carboxylic acids is 1. The number of amides is 1. The molecule has 0 fully saturated rings. The Bertz CT molecular complexity index is 409. The minimum Gasteiger partial charge on any atom is -0.491 e. The molecule has 0 bridgehead atoms. The lowest BCUT2D eigenvalue weighted by Crippen LogP contribution is -2.41. The first-order chi connectivity index (χ1) is 9.47. The highest BCUT2D eigenvalue weighted by atomic mass is 79.9. The lowest BCUT2D eigenvalue weighted by molar-refractivity contribution is -0.120. The lowest BCUT2D eigenvalue weighted by atomic mass is 10.3. The van der Waals surface area contributed by atoms with Gasteiger partial charge in [-0.25, -0.2) is 0 Å². The summed E-state index contributed by atoms with van der Waals surface area (Å²) in [6.45, 7) is 4.48. The maximum absolute atomic E-state index is 11.4. The molecule has 112 valence electrons. The number of rotatable bonds is 8. The molecule has 0 saturated heterocycles. The number of benzene rings is 1. The van der Waals surface area contributed by atoms with E-state index in [9.17, 15) is 9.90 Å². The van der Waals surface area contributed by atoms with Gasteiger partial charge in [-0.1, -0.05) is 15.9 Å². The van der Waals surface area contributed by atoms with Crippen molar-refractivity contribution < 1.29 is 14.6 Å². The highest BCUT2D eigenvalue weighted by Crippen LogP contribution is 2.16. The fourth-order valence-electron chi connectivity index (χ4n) is 1.51. The van der Waals surface area contributed by atoms with Gasteiger partial charge in [0.05, 0.1) is 6.54 Å². The third kappa shape index (κ3) is 7.47. The van der Waals surface area contributed by atoms with Gasteiger partial charge in [-0.05, 0) is 38.1 Å². The second kappa shape index (κ2) is 8.94. The fourth-order valence-corrected chi connectivity index (χ4v) is 1.77. The van der Waals surface area contributed by atoms with Crippen molar-refractivity contribution in [2.45, 2.75) is 26.0 Å². The fraction of sp³-hybridized carbons (Fsp3) is 0.500. The second-order valence-electron chi connectivity index (χ2n) is 4.77. The van der Waals surface area contributed by atoms with E-state index in [4.69, 9.17) is 4.74 Å². The molecule has 3 N–H and O–H groups in total. The van der Waals surface area contributed by atoms with Crippen molar-refractivity contribution in [2.24, 2.45) is 0 Å². The highest BCUT2D eigenvalue weighted by Gasteiger charge is 2.07. The molecule has 0 aliphatic rings. The molecule has 0 saturated carbocycles. The number of aliphatic hydroxyl groups is 1. The van der Waals surface area contributed by atoms with Crippen LogP contribution in [0, 0.1) is 0 Å². The Morgan fingerprint density at radius 3 is 2.60 bits per heavy atom. The number of aliphatic hydroxyl groups excluding tert-OH is 1. The highest BCUT2D eigenvalue weighted by molar-refractivity contribution is 9.10. The van der Waals surface area contributed by atoms with Crippen molar-refractivity contribution in [1.82, 2.24) is 10.6 Å². The second-order valence-corrected chi connectivity index (χ2v) is 5.69. The average molecular weight is 345 g/mol. The summed E-state index contributed by atoms with van der Waals surface area (Å²) in [5, 5.41) is 15.4. The summed E-state index contributed by atoms with van der Waals surface area (Å²) in [6.07, 6.45) is -0.662. The van der Waals surface area contributed by atoms with Crippen LogP contribution in [-0.2, 0) is 4.79 Å². The van der Waals surface area contributed by atoms with Crippen LogP contribution < -0.4 is 15.4 Å². The smallest absolute Gasteiger partial charge is 0.234 e. The third-order valence-electron chi connectivity index (χ3n) is 2.37. The molecule has 1 aromatic carbocycles. The maximum Gasteiger partial charge on any atom is 0.234 e. The van der Waals surface area contributed by atoms with E-state index in [0.717, 1.165) is 4.47 Å². The van der Waals surface area contributed by atoms with E-state index in [1.54, 1.807) is 0 Å². The van der Waals surface area contributed by atoms with Crippen LogP contribution in [0.2, 0.25) is 0 Å². The summed E-state index contributed by atoms with van der Waals surface area (Å²) in [4.78, 5) is 11.4. The Balaban J connectivity index is 2.15. The van der Waals surface area contributed by atoms with Gasteiger partial charge in [0.2, 0.25) is 5.91 Å². The van der Waals surface area contributed by atoms with Crippen molar-refractivity contribution in [3.63, 3.8) is 0 Å². The van der Waals surface area contributed by atoms with Crippen LogP contribution in [0.3, 0.4) is 0 Å². The molecule has 0 radical (unpaired) electrons. The van der Waals surface area contributed by atoms with Gasteiger partial charge in [0, 0.05) is 17.1 Å². The molecule has 0 spiro atoms. The van der Waals surface area contributed by atoms with E-state index < -0.39 is 6.10 Å². The molecule has 0 aliphatic heterocycles. The minimum atomic E-state index is -0.662. The van der Waals surface area contributed by atoms with Crippen molar-refractivity contribution in [1.29, 1.82) is 0 Å². The first kappa shape index (κ1) is 16.9. The molecule has 0 heterocycles. The first-order valence-corrected chi connectivity index (χ1v) is 7.33. The van der Waals surface area contributed by atoms with Crippen LogP contribution in [0.15, 0.2) is 28.7 Å². The topological polar surface area (TPSA) is 70.6 Å². The van der Waals surface area contributed by atoms with Crippen LogP contribution >= 0.6 is 15.9 Å². The molecule has 1 aromatic rings. The van der Waals surface area contributed by atoms with Gasteiger partial charge in [0.25, 0.3) is 0 Å². The standard InChI is InChI=1S/C14H21BrN2O3/c1-10(2)17-14(19)8-16-7-12(18)9-20-13-5-3-11(15)4-6-13/h3-6,10,12,16,18H,7-9H2,1-2H3,(H,17,19). The molecule has 20 heavy (non-hydrogen) atoms. The molecular weight excluding hydrogens is 324 g/mol. The average Bonchev–Trinajstić information content (AvgIpc) is 2.37. The van der Waals surface area contributed by atoms with E-state index in [-0.39, 0.29) is 25.1 Å². The number of hydrogen-bond donors (Lipinski definition) is 3. The number of carbonyl (C=O) groups is 1. The molecule has 1 unspecified atom stereocenters. The van der Waals surface area contributed by atoms with Crippen LogP contribution in [0.4, 0.5) is 0 Å². The van der Waals surface area contributed by atoms with Gasteiger partial charge in [-0.3, -0.25) is 4.79 Å². The molecule has 6 heteroatoms. The third-order valence-corrected chi connectivity index (χ3v) is 2.90. The zero-order valence-electron chi connectivity index (χ0n) is 11.7. The monoisotopic (exact) mass is 344 g/mol. The quantitative estimate of drug-likeness (QED) is 0.664. The molecule has 1 amide bonds. The van der Waals surface area contributed by atoms with Crippen molar-refractivity contribution in [3.05, 3.63) is 28.7 Å². The predicted octanol–water partition coefficient (Wildman–Crippen LogP) is 1.30. The Labute approximate surface area is 127 Å². The number of nitrogens with one attached hydrogen (secondary N) is 2. The first-order valence-electron chi connectivity index (χ1n) is 6.54. The van der Waals surface area contributed by atoms with Gasteiger partial charge >= 0.3 is 0 Å². The Morgan fingerprint density at radius 1 is 1.35 bits per heavy atom. The summed E-state index contributed by atoms with van der Waals surface area (Å²) in [5.74, 6) is 0.617. The summed E-state index contributed by atoms with van der Waals surface area (Å²) in [5.41, 5.74) is 0. The maximum atomic E-state index is 11.4.